The predicted octanol–water partition coefficient (Wildman–Crippen LogP) is 2.30. The van der Waals surface area contributed by atoms with Crippen LogP contribution in [0.4, 0.5) is 5.13 Å². The minimum absolute atomic E-state index is 0.114. The van der Waals surface area contributed by atoms with Crippen LogP contribution in [0.3, 0.4) is 0 Å². The van der Waals surface area contributed by atoms with Gasteiger partial charge in [-0.15, -0.1) is 21.8 Å². The summed E-state index contributed by atoms with van der Waals surface area (Å²) in [6.45, 7) is 4.24. The zero-order chi connectivity index (χ0) is 11.3. The molecule has 0 aliphatic heterocycles. The van der Waals surface area contributed by atoms with E-state index in [-0.39, 0.29) is 5.91 Å². The third-order valence-corrected chi connectivity index (χ3v) is 2.67. The Morgan fingerprint density at radius 1 is 1.53 bits per heavy atom. The molecule has 0 aromatic carbocycles. The van der Waals surface area contributed by atoms with Gasteiger partial charge < -0.3 is 5.32 Å². The molecular weight excluding hydrogens is 234 g/mol. The Labute approximate surface area is 98.0 Å². The lowest BCUT2D eigenvalue weighted by Crippen LogP contribution is -2.11. The lowest BCUT2D eigenvalue weighted by atomic mass is 10.1. The van der Waals surface area contributed by atoms with Gasteiger partial charge in [-0.25, -0.2) is 0 Å². The first kappa shape index (κ1) is 12.4. The van der Waals surface area contributed by atoms with Crippen LogP contribution >= 0.6 is 22.9 Å². The number of carbonyl (C=O) groups is 1. The van der Waals surface area contributed by atoms with Gasteiger partial charge in [0.05, 0.1) is 0 Å². The molecule has 0 radical (unpaired) electrons. The molecule has 1 aromatic rings. The average Bonchev–Trinajstić information content (AvgIpc) is 2.51. The maximum Gasteiger partial charge on any atom is 0.227 e. The number of nitrogens with zero attached hydrogens (tertiary/aromatic N) is 2. The second kappa shape index (κ2) is 6.02. The molecule has 1 rings (SSSR count). The molecule has 15 heavy (non-hydrogen) atoms. The minimum Gasteiger partial charge on any atom is -0.300 e. The van der Waals surface area contributed by atoms with Crippen molar-refractivity contribution < 1.29 is 4.79 Å². The van der Waals surface area contributed by atoms with E-state index >= 15 is 0 Å². The predicted molar refractivity (Wildman–Crippen MR) is 62.4 cm³/mol. The smallest absolute Gasteiger partial charge is 0.227 e. The van der Waals surface area contributed by atoms with Gasteiger partial charge in [-0.1, -0.05) is 25.2 Å². The van der Waals surface area contributed by atoms with Crippen LogP contribution in [0.5, 0.6) is 0 Å². The monoisotopic (exact) mass is 247 g/mol. The van der Waals surface area contributed by atoms with Crippen LogP contribution in [-0.4, -0.2) is 22.0 Å². The Kier molecular flexibility index (Phi) is 4.98. The van der Waals surface area contributed by atoms with Gasteiger partial charge >= 0.3 is 0 Å². The average molecular weight is 248 g/mol. The highest BCUT2D eigenvalue weighted by Crippen LogP contribution is 2.18. The number of hydrogen-bond acceptors (Lipinski definition) is 4. The van der Waals surface area contributed by atoms with Gasteiger partial charge in [0.1, 0.15) is 5.01 Å². The number of carbonyl (C=O) groups excluding carboxylic acids is 1. The molecule has 0 aliphatic carbocycles. The van der Waals surface area contributed by atoms with Crippen molar-refractivity contribution in [3.05, 3.63) is 5.01 Å². The van der Waals surface area contributed by atoms with E-state index < -0.39 is 0 Å². The van der Waals surface area contributed by atoms with Gasteiger partial charge in [-0.3, -0.25) is 4.79 Å². The van der Waals surface area contributed by atoms with Crippen LogP contribution in [-0.2, 0) is 11.2 Å². The second-order valence-electron chi connectivity index (χ2n) is 3.59. The van der Waals surface area contributed by atoms with Crippen LogP contribution in [0, 0.1) is 5.92 Å². The molecule has 1 N–H and O–H groups in total. The zero-order valence-corrected chi connectivity index (χ0v) is 10.4. The molecule has 0 aliphatic rings. The lowest BCUT2D eigenvalue weighted by molar-refractivity contribution is -0.115. The van der Waals surface area contributed by atoms with E-state index in [1.54, 1.807) is 0 Å². The number of nitrogens with one attached hydrogen (secondary N) is 1. The molecule has 0 saturated heterocycles. The Balaban J connectivity index is 2.49. The normalized spacial score (nSPS) is 10.7. The summed E-state index contributed by atoms with van der Waals surface area (Å²) in [7, 11) is 0. The Hall–Kier alpha value is -0.680. The van der Waals surface area contributed by atoms with Crippen molar-refractivity contribution in [2.75, 3.05) is 11.2 Å². The SMILES string of the molecule is CC(C)Cc1nnc(NC(=O)CCCl)s1. The highest BCUT2D eigenvalue weighted by atomic mass is 35.5. The molecule has 0 saturated carbocycles. The van der Waals surface area contributed by atoms with Crippen molar-refractivity contribution in [1.82, 2.24) is 10.2 Å². The first-order chi connectivity index (χ1) is 7.11. The highest BCUT2D eigenvalue weighted by molar-refractivity contribution is 7.15. The molecule has 1 amide bonds. The number of halogens is 1. The molecule has 0 bridgehead atoms. The molecule has 6 heteroatoms. The summed E-state index contributed by atoms with van der Waals surface area (Å²) < 4.78 is 0. The van der Waals surface area contributed by atoms with Crippen molar-refractivity contribution in [3.63, 3.8) is 0 Å². The Bertz CT molecular complexity index is 327. The molecule has 0 fully saturated rings. The number of alkyl halides is 1. The number of amides is 1. The summed E-state index contributed by atoms with van der Waals surface area (Å²) in [5, 5.41) is 12.0. The molecule has 1 heterocycles. The second-order valence-corrected chi connectivity index (χ2v) is 5.03. The van der Waals surface area contributed by atoms with Gasteiger partial charge in [0, 0.05) is 18.7 Å². The first-order valence-electron chi connectivity index (χ1n) is 4.80. The number of rotatable bonds is 5. The summed E-state index contributed by atoms with van der Waals surface area (Å²) >= 11 is 6.86. The molecule has 4 nitrogen and oxygen atoms in total. The summed E-state index contributed by atoms with van der Waals surface area (Å²) in [4.78, 5) is 11.2. The summed E-state index contributed by atoms with van der Waals surface area (Å²) in [6.07, 6.45) is 1.20. The van der Waals surface area contributed by atoms with Crippen molar-refractivity contribution in [2.24, 2.45) is 5.92 Å². The van der Waals surface area contributed by atoms with E-state index in [0.29, 0.717) is 23.4 Å². The fourth-order valence-corrected chi connectivity index (χ4v) is 2.14. The number of anilines is 1. The summed E-state index contributed by atoms with van der Waals surface area (Å²) in [6, 6.07) is 0. The maximum atomic E-state index is 11.2. The van der Waals surface area contributed by atoms with Crippen LogP contribution in [0.2, 0.25) is 0 Å². The molecule has 84 valence electrons. The van der Waals surface area contributed by atoms with E-state index in [2.05, 4.69) is 29.4 Å². The first-order valence-corrected chi connectivity index (χ1v) is 6.15. The third-order valence-electron chi connectivity index (χ3n) is 1.62. The van der Waals surface area contributed by atoms with E-state index in [0.717, 1.165) is 11.4 Å². The third kappa shape index (κ3) is 4.57. The standard InChI is InChI=1S/C9H14ClN3OS/c1-6(2)5-8-12-13-9(15-8)11-7(14)3-4-10/h6H,3-5H2,1-2H3,(H,11,13,14). The van der Waals surface area contributed by atoms with E-state index in [9.17, 15) is 4.79 Å². The summed E-state index contributed by atoms with van der Waals surface area (Å²) in [5.41, 5.74) is 0. The molecule has 0 atom stereocenters. The molecule has 1 aromatic heterocycles. The van der Waals surface area contributed by atoms with Crippen LogP contribution < -0.4 is 5.32 Å². The topological polar surface area (TPSA) is 54.9 Å². The van der Waals surface area contributed by atoms with Crippen molar-refractivity contribution >= 4 is 34.0 Å². The minimum atomic E-state index is -0.114. The molecular formula is C9H14ClN3OS. The lowest BCUT2D eigenvalue weighted by Gasteiger charge is -1.98. The van der Waals surface area contributed by atoms with Gasteiger partial charge in [-0.2, -0.15) is 0 Å². The fraction of sp³-hybridized carbons (Fsp3) is 0.667. The van der Waals surface area contributed by atoms with Gasteiger partial charge in [-0.05, 0) is 5.92 Å². The van der Waals surface area contributed by atoms with E-state index in [4.69, 9.17) is 11.6 Å². The number of aromatic nitrogens is 2. The van der Waals surface area contributed by atoms with Crippen molar-refractivity contribution in [1.29, 1.82) is 0 Å². The molecule has 0 spiro atoms. The maximum absolute atomic E-state index is 11.2. The largest absolute Gasteiger partial charge is 0.300 e. The highest BCUT2D eigenvalue weighted by Gasteiger charge is 2.08. The Morgan fingerprint density at radius 3 is 2.87 bits per heavy atom. The van der Waals surface area contributed by atoms with Crippen LogP contribution in [0.15, 0.2) is 0 Å². The van der Waals surface area contributed by atoms with Crippen LogP contribution in [0.25, 0.3) is 0 Å². The Morgan fingerprint density at radius 2 is 2.27 bits per heavy atom. The van der Waals surface area contributed by atoms with Crippen LogP contribution in [0.1, 0.15) is 25.3 Å². The van der Waals surface area contributed by atoms with E-state index in [1.165, 1.54) is 11.3 Å². The number of hydrogen-bond donors (Lipinski definition) is 1. The van der Waals surface area contributed by atoms with E-state index in [1.807, 2.05) is 0 Å². The quantitative estimate of drug-likeness (QED) is 0.813. The van der Waals surface area contributed by atoms with Gasteiger partial charge in [0.15, 0.2) is 0 Å². The van der Waals surface area contributed by atoms with Gasteiger partial charge in [0.25, 0.3) is 0 Å². The van der Waals surface area contributed by atoms with Gasteiger partial charge in [0.2, 0.25) is 11.0 Å². The van der Waals surface area contributed by atoms with Crippen molar-refractivity contribution in [3.8, 4) is 0 Å². The van der Waals surface area contributed by atoms with Crippen molar-refractivity contribution in [2.45, 2.75) is 26.7 Å². The zero-order valence-electron chi connectivity index (χ0n) is 8.79. The summed E-state index contributed by atoms with van der Waals surface area (Å²) in [5.74, 6) is 0.755. The molecule has 0 unspecified atom stereocenters. The fourth-order valence-electron chi connectivity index (χ4n) is 1.00.